The van der Waals surface area contributed by atoms with Gasteiger partial charge in [-0.15, -0.1) is 5.10 Å². The van der Waals surface area contributed by atoms with Crippen molar-refractivity contribution >= 4 is 5.65 Å². The van der Waals surface area contributed by atoms with Crippen LogP contribution in [0.25, 0.3) is 5.65 Å². The molecule has 0 aliphatic carbocycles. The highest BCUT2D eigenvalue weighted by atomic mass is 16.2. The second-order valence-corrected chi connectivity index (χ2v) is 6.60. The van der Waals surface area contributed by atoms with Gasteiger partial charge in [-0.1, -0.05) is 36.4 Å². The molecular formula is C19H22N4O. The van der Waals surface area contributed by atoms with Gasteiger partial charge in [0.1, 0.15) is 0 Å². The van der Waals surface area contributed by atoms with Crippen molar-refractivity contribution in [1.29, 1.82) is 0 Å². The molecule has 2 aromatic heterocycles. The van der Waals surface area contributed by atoms with Gasteiger partial charge >= 0.3 is 5.69 Å². The third kappa shape index (κ3) is 3.12. The average molecular weight is 322 g/mol. The molecule has 5 nitrogen and oxygen atoms in total. The zero-order valence-electron chi connectivity index (χ0n) is 13.7. The smallest absolute Gasteiger partial charge is 0.284 e. The van der Waals surface area contributed by atoms with E-state index in [0.717, 1.165) is 25.4 Å². The second kappa shape index (κ2) is 6.61. The lowest BCUT2D eigenvalue weighted by atomic mass is 9.90. The molecule has 124 valence electrons. The Hall–Kier alpha value is -2.40. The first kappa shape index (κ1) is 15.1. The van der Waals surface area contributed by atoms with Crippen molar-refractivity contribution in [2.75, 3.05) is 13.1 Å². The van der Waals surface area contributed by atoms with Crippen LogP contribution < -0.4 is 5.69 Å². The lowest BCUT2D eigenvalue weighted by molar-refractivity contribution is 0.139. The van der Waals surface area contributed by atoms with Gasteiger partial charge in [0, 0.05) is 19.3 Å². The highest BCUT2D eigenvalue weighted by molar-refractivity contribution is 5.35. The van der Waals surface area contributed by atoms with E-state index < -0.39 is 0 Å². The zero-order chi connectivity index (χ0) is 16.4. The van der Waals surface area contributed by atoms with Crippen LogP contribution in [-0.4, -0.2) is 32.2 Å². The van der Waals surface area contributed by atoms with Crippen LogP contribution in [0.2, 0.25) is 0 Å². The first-order chi connectivity index (χ1) is 11.8. The topological polar surface area (TPSA) is 42.5 Å². The summed E-state index contributed by atoms with van der Waals surface area (Å²) in [6.45, 7) is 2.63. The Morgan fingerprint density at radius 1 is 1.00 bits per heavy atom. The minimum absolute atomic E-state index is 0.0583. The molecule has 1 saturated heterocycles. The number of nitrogens with zero attached hydrogens (tertiary/aromatic N) is 4. The SMILES string of the molecule is O=c1n(CN2CCC(Cc3ccccc3)CC2)nc2ccccn12. The van der Waals surface area contributed by atoms with E-state index in [0.29, 0.717) is 12.3 Å². The summed E-state index contributed by atoms with van der Waals surface area (Å²) in [7, 11) is 0. The van der Waals surface area contributed by atoms with E-state index in [9.17, 15) is 4.79 Å². The second-order valence-electron chi connectivity index (χ2n) is 6.60. The Kier molecular flexibility index (Phi) is 4.17. The maximum absolute atomic E-state index is 12.3. The molecule has 0 N–H and O–H groups in total. The van der Waals surface area contributed by atoms with Gasteiger partial charge in [-0.2, -0.15) is 4.68 Å². The molecule has 1 aliphatic heterocycles. The van der Waals surface area contributed by atoms with E-state index in [1.165, 1.54) is 18.4 Å². The number of pyridine rings is 1. The fraction of sp³-hybridized carbons (Fsp3) is 0.368. The molecule has 0 atom stereocenters. The van der Waals surface area contributed by atoms with Gasteiger partial charge in [0.15, 0.2) is 5.65 Å². The summed E-state index contributed by atoms with van der Waals surface area (Å²) in [5.74, 6) is 0.737. The number of benzene rings is 1. The molecule has 5 heteroatoms. The van der Waals surface area contributed by atoms with Gasteiger partial charge in [-0.05, 0) is 42.9 Å². The number of likely N-dealkylation sites (tertiary alicyclic amines) is 1. The fourth-order valence-corrected chi connectivity index (χ4v) is 3.53. The number of hydrogen-bond acceptors (Lipinski definition) is 3. The molecule has 0 unspecified atom stereocenters. The molecular weight excluding hydrogens is 300 g/mol. The van der Waals surface area contributed by atoms with Crippen LogP contribution >= 0.6 is 0 Å². The Bertz CT molecular complexity index is 860. The van der Waals surface area contributed by atoms with Crippen molar-refractivity contribution in [3.8, 4) is 0 Å². The number of aromatic nitrogens is 3. The molecule has 0 bridgehead atoms. The lowest BCUT2D eigenvalue weighted by Crippen LogP contribution is -2.38. The Balaban J connectivity index is 1.37. The van der Waals surface area contributed by atoms with Crippen molar-refractivity contribution in [2.45, 2.75) is 25.9 Å². The zero-order valence-corrected chi connectivity index (χ0v) is 13.7. The Morgan fingerprint density at radius 2 is 1.75 bits per heavy atom. The Morgan fingerprint density at radius 3 is 2.50 bits per heavy atom. The fourth-order valence-electron chi connectivity index (χ4n) is 3.53. The van der Waals surface area contributed by atoms with E-state index in [4.69, 9.17) is 0 Å². The van der Waals surface area contributed by atoms with Crippen LogP contribution in [0.3, 0.4) is 0 Å². The predicted octanol–water partition coefficient (Wildman–Crippen LogP) is 2.41. The molecule has 1 aromatic carbocycles. The van der Waals surface area contributed by atoms with Crippen LogP contribution in [-0.2, 0) is 13.1 Å². The molecule has 0 radical (unpaired) electrons. The highest BCUT2D eigenvalue weighted by Gasteiger charge is 2.20. The van der Waals surface area contributed by atoms with Gasteiger partial charge in [0.2, 0.25) is 0 Å². The summed E-state index contributed by atoms with van der Waals surface area (Å²) in [5.41, 5.74) is 2.07. The largest absolute Gasteiger partial charge is 0.351 e. The highest BCUT2D eigenvalue weighted by Crippen LogP contribution is 2.21. The van der Waals surface area contributed by atoms with E-state index >= 15 is 0 Å². The predicted molar refractivity (Wildman–Crippen MR) is 93.9 cm³/mol. The summed E-state index contributed by atoms with van der Waals surface area (Å²) in [5, 5.41) is 4.42. The van der Waals surface area contributed by atoms with Crippen molar-refractivity contribution in [2.24, 2.45) is 5.92 Å². The van der Waals surface area contributed by atoms with Gasteiger partial charge in [0.05, 0.1) is 6.67 Å². The summed E-state index contributed by atoms with van der Waals surface area (Å²) >= 11 is 0. The van der Waals surface area contributed by atoms with Crippen molar-refractivity contribution in [1.82, 2.24) is 19.1 Å². The molecule has 0 amide bonds. The van der Waals surface area contributed by atoms with Crippen molar-refractivity contribution in [3.63, 3.8) is 0 Å². The van der Waals surface area contributed by atoms with Gasteiger partial charge < -0.3 is 0 Å². The van der Waals surface area contributed by atoms with Crippen LogP contribution in [0.4, 0.5) is 0 Å². The molecule has 3 aromatic rings. The third-order valence-corrected chi connectivity index (χ3v) is 4.90. The third-order valence-electron chi connectivity index (χ3n) is 4.90. The van der Waals surface area contributed by atoms with Crippen molar-refractivity contribution in [3.05, 3.63) is 70.8 Å². The summed E-state index contributed by atoms with van der Waals surface area (Å²) in [6.07, 6.45) is 5.28. The number of fused-ring (bicyclic) bond motifs is 1. The first-order valence-corrected chi connectivity index (χ1v) is 8.60. The summed E-state index contributed by atoms with van der Waals surface area (Å²) in [4.78, 5) is 14.7. The Labute approximate surface area is 141 Å². The molecule has 4 rings (SSSR count). The van der Waals surface area contributed by atoms with Crippen LogP contribution in [0.1, 0.15) is 18.4 Å². The number of hydrogen-bond donors (Lipinski definition) is 0. The van der Waals surface area contributed by atoms with Crippen molar-refractivity contribution < 1.29 is 0 Å². The quantitative estimate of drug-likeness (QED) is 0.741. The molecule has 1 aliphatic rings. The first-order valence-electron chi connectivity index (χ1n) is 8.60. The van der Waals surface area contributed by atoms with E-state index in [2.05, 4.69) is 40.3 Å². The standard InChI is InChI=1S/C19H22N4O/c24-19-22-11-5-4-8-18(22)20-23(19)15-21-12-9-17(10-13-21)14-16-6-2-1-3-7-16/h1-8,11,17H,9-10,12-15H2. The molecule has 3 heterocycles. The monoisotopic (exact) mass is 322 g/mol. The molecule has 1 fully saturated rings. The maximum atomic E-state index is 12.3. The summed E-state index contributed by atoms with van der Waals surface area (Å²) in [6, 6.07) is 16.3. The minimum Gasteiger partial charge on any atom is -0.284 e. The lowest BCUT2D eigenvalue weighted by Gasteiger charge is -2.31. The van der Waals surface area contributed by atoms with Crippen LogP contribution in [0.15, 0.2) is 59.5 Å². The molecule has 0 spiro atoms. The maximum Gasteiger partial charge on any atom is 0.351 e. The van der Waals surface area contributed by atoms with Gasteiger partial charge in [-0.25, -0.2) is 4.79 Å². The minimum atomic E-state index is -0.0583. The van der Waals surface area contributed by atoms with Crippen LogP contribution in [0.5, 0.6) is 0 Å². The normalized spacial score (nSPS) is 16.7. The van der Waals surface area contributed by atoms with E-state index in [-0.39, 0.29) is 5.69 Å². The van der Waals surface area contributed by atoms with Gasteiger partial charge in [-0.3, -0.25) is 9.30 Å². The number of rotatable bonds is 4. The van der Waals surface area contributed by atoms with E-state index in [1.807, 2.05) is 18.2 Å². The van der Waals surface area contributed by atoms with Crippen LogP contribution in [0, 0.1) is 5.92 Å². The molecule has 24 heavy (non-hydrogen) atoms. The molecule has 0 saturated carbocycles. The van der Waals surface area contributed by atoms with Gasteiger partial charge in [0.25, 0.3) is 0 Å². The number of piperidine rings is 1. The van der Waals surface area contributed by atoms with E-state index in [1.54, 1.807) is 15.3 Å². The average Bonchev–Trinajstić information content (AvgIpc) is 2.94. The summed E-state index contributed by atoms with van der Waals surface area (Å²) < 4.78 is 3.18.